The number of amides is 2. The van der Waals surface area contributed by atoms with Crippen LogP contribution >= 0.6 is 0 Å². The predicted octanol–water partition coefficient (Wildman–Crippen LogP) is 1.87. The number of fused-ring (bicyclic) bond motifs is 1. The lowest BCUT2D eigenvalue weighted by Crippen LogP contribution is -2.35. The highest BCUT2D eigenvalue weighted by Crippen LogP contribution is 2.26. The molecule has 0 saturated carbocycles. The lowest BCUT2D eigenvalue weighted by molar-refractivity contribution is 0.0596. The Balaban J connectivity index is 2.00. The summed E-state index contributed by atoms with van der Waals surface area (Å²) in [5.74, 6) is -0.797. The molecule has 7 heteroatoms. The van der Waals surface area contributed by atoms with Gasteiger partial charge in [0.2, 0.25) is 0 Å². The number of rotatable bonds is 3. The minimum absolute atomic E-state index is 0.213. The second-order valence-electron chi connectivity index (χ2n) is 5.64. The highest BCUT2D eigenvalue weighted by atomic mass is 16.5. The van der Waals surface area contributed by atoms with Crippen LogP contribution in [-0.2, 0) is 4.74 Å². The van der Waals surface area contributed by atoms with Gasteiger partial charge in [-0.2, -0.15) is 0 Å². The van der Waals surface area contributed by atoms with E-state index in [1.807, 2.05) is 0 Å². The van der Waals surface area contributed by atoms with Crippen molar-refractivity contribution in [1.82, 2.24) is 5.32 Å². The molecule has 0 bridgehead atoms. The summed E-state index contributed by atoms with van der Waals surface area (Å²) in [7, 11) is 2.69. The van der Waals surface area contributed by atoms with Crippen LogP contribution in [0.5, 0.6) is 5.75 Å². The van der Waals surface area contributed by atoms with E-state index in [0.29, 0.717) is 29.9 Å². The van der Waals surface area contributed by atoms with E-state index in [4.69, 9.17) is 9.47 Å². The molecule has 2 aromatic carbocycles. The number of ether oxygens (including phenoxy) is 2. The molecule has 0 fully saturated rings. The molecule has 1 N–H and O–H groups in total. The smallest absolute Gasteiger partial charge is 0.341 e. The second kappa shape index (κ2) is 7.26. The molecule has 3 rings (SSSR count). The number of nitrogens with zero attached hydrogens (tertiary/aromatic N) is 1. The van der Waals surface area contributed by atoms with Gasteiger partial charge in [0.1, 0.15) is 11.3 Å². The Labute approximate surface area is 150 Å². The third-order valence-corrected chi connectivity index (χ3v) is 4.16. The van der Waals surface area contributed by atoms with E-state index in [-0.39, 0.29) is 23.1 Å². The van der Waals surface area contributed by atoms with Gasteiger partial charge in [0.05, 0.1) is 25.5 Å². The van der Waals surface area contributed by atoms with Crippen LogP contribution in [0.3, 0.4) is 0 Å². The summed E-state index contributed by atoms with van der Waals surface area (Å²) in [5.41, 5.74) is 1.57. The van der Waals surface area contributed by atoms with Crippen LogP contribution in [0, 0.1) is 0 Å². The first-order valence-electron chi connectivity index (χ1n) is 8.02. The molecule has 2 aromatic rings. The average Bonchev–Trinajstić information content (AvgIpc) is 2.85. The molecule has 0 aromatic heterocycles. The summed E-state index contributed by atoms with van der Waals surface area (Å²) in [6.07, 6.45) is 0. The predicted molar refractivity (Wildman–Crippen MR) is 94.8 cm³/mol. The van der Waals surface area contributed by atoms with Gasteiger partial charge in [-0.15, -0.1) is 0 Å². The van der Waals surface area contributed by atoms with Crippen molar-refractivity contribution < 1.29 is 23.9 Å². The number of para-hydroxylation sites is 1. The van der Waals surface area contributed by atoms with Crippen molar-refractivity contribution in [2.45, 2.75) is 0 Å². The van der Waals surface area contributed by atoms with Crippen molar-refractivity contribution in [1.29, 1.82) is 0 Å². The zero-order chi connectivity index (χ0) is 18.7. The third-order valence-electron chi connectivity index (χ3n) is 4.16. The van der Waals surface area contributed by atoms with Gasteiger partial charge >= 0.3 is 5.97 Å². The zero-order valence-corrected chi connectivity index (χ0v) is 14.4. The Morgan fingerprint density at radius 2 is 1.88 bits per heavy atom. The zero-order valence-electron chi connectivity index (χ0n) is 14.4. The summed E-state index contributed by atoms with van der Waals surface area (Å²) >= 11 is 0. The monoisotopic (exact) mass is 354 g/mol. The number of nitrogens with one attached hydrogen (secondary N) is 1. The SMILES string of the molecule is COC(=O)c1ccc(C(=O)N2CCNC(=O)c3ccccc32)cc1OC. The van der Waals surface area contributed by atoms with E-state index in [9.17, 15) is 14.4 Å². The number of methoxy groups -OCH3 is 2. The number of hydrogen-bond acceptors (Lipinski definition) is 5. The Morgan fingerprint density at radius 3 is 2.62 bits per heavy atom. The fraction of sp³-hybridized carbons (Fsp3) is 0.211. The molecule has 7 nitrogen and oxygen atoms in total. The number of benzene rings is 2. The van der Waals surface area contributed by atoms with Crippen LogP contribution in [0.4, 0.5) is 5.69 Å². The Hall–Kier alpha value is -3.35. The van der Waals surface area contributed by atoms with Crippen LogP contribution in [0.25, 0.3) is 0 Å². The van der Waals surface area contributed by atoms with E-state index >= 15 is 0 Å². The summed E-state index contributed by atoms with van der Waals surface area (Å²) in [6, 6.07) is 11.5. The van der Waals surface area contributed by atoms with E-state index in [1.54, 1.807) is 35.2 Å². The van der Waals surface area contributed by atoms with Crippen LogP contribution in [0.15, 0.2) is 42.5 Å². The van der Waals surface area contributed by atoms with Gasteiger partial charge in [0, 0.05) is 18.7 Å². The number of hydrogen-bond donors (Lipinski definition) is 1. The number of anilines is 1. The highest BCUT2D eigenvalue weighted by Gasteiger charge is 2.26. The fourth-order valence-electron chi connectivity index (χ4n) is 2.87. The highest BCUT2D eigenvalue weighted by molar-refractivity contribution is 6.11. The molecular weight excluding hydrogens is 336 g/mol. The molecule has 2 amide bonds. The third kappa shape index (κ3) is 3.11. The molecule has 1 aliphatic rings. The minimum Gasteiger partial charge on any atom is -0.496 e. The minimum atomic E-state index is -0.546. The molecule has 0 radical (unpaired) electrons. The van der Waals surface area contributed by atoms with Gasteiger partial charge in [0.15, 0.2) is 0 Å². The van der Waals surface area contributed by atoms with E-state index < -0.39 is 5.97 Å². The second-order valence-corrected chi connectivity index (χ2v) is 5.64. The van der Waals surface area contributed by atoms with Crippen LogP contribution in [-0.4, -0.2) is 45.1 Å². The molecule has 26 heavy (non-hydrogen) atoms. The van der Waals surface area contributed by atoms with Crippen molar-refractivity contribution >= 4 is 23.5 Å². The van der Waals surface area contributed by atoms with Crippen molar-refractivity contribution in [2.75, 3.05) is 32.2 Å². The fourth-order valence-corrected chi connectivity index (χ4v) is 2.87. The van der Waals surface area contributed by atoms with Gasteiger partial charge in [-0.05, 0) is 30.3 Å². The normalized spacial score (nSPS) is 13.3. The van der Waals surface area contributed by atoms with Gasteiger partial charge in [-0.1, -0.05) is 12.1 Å². The molecule has 0 unspecified atom stereocenters. The summed E-state index contributed by atoms with van der Waals surface area (Å²) < 4.78 is 9.93. The van der Waals surface area contributed by atoms with Crippen molar-refractivity contribution in [3.63, 3.8) is 0 Å². The van der Waals surface area contributed by atoms with Gasteiger partial charge in [-0.25, -0.2) is 4.79 Å². The maximum atomic E-state index is 13.1. The summed E-state index contributed by atoms with van der Waals surface area (Å²) in [4.78, 5) is 38.5. The maximum Gasteiger partial charge on any atom is 0.341 e. The topological polar surface area (TPSA) is 84.9 Å². The quantitative estimate of drug-likeness (QED) is 0.851. The first-order chi connectivity index (χ1) is 12.6. The average molecular weight is 354 g/mol. The Bertz CT molecular complexity index is 878. The lowest BCUT2D eigenvalue weighted by atomic mass is 10.1. The molecule has 134 valence electrons. The molecule has 0 saturated heterocycles. The van der Waals surface area contributed by atoms with E-state index in [0.717, 1.165) is 0 Å². The van der Waals surface area contributed by atoms with Crippen molar-refractivity contribution in [2.24, 2.45) is 0 Å². The lowest BCUT2D eigenvalue weighted by Gasteiger charge is -2.22. The summed E-state index contributed by atoms with van der Waals surface area (Å²) in [6.45, 7) is 0.680. The van der Waals surface area contributed by atoms with Crippen molar-refractivity contribution in [3.05, 3.63) is 59.2 Å². The molecule has 0 atom stereocenters. The van der Waals surface area contributed by atoms with Crippen LogP contribution < -0.4 is 15.0 Å². The number of carbonyl (C=O) groups excluding carboxylic acids is 3. The molecular formula is C19H18N2O5. The van der Waals surface area contributed by atoms with Crippen LogP contribution in [0.1, 0.15) is 31.1 Å². The van der Waals surface area contributed by atoms with Crippen LogP contribution in [0.2, 0.25) is 0 Å². The Kier molecular flexibility index (Phi) is 4.88. The van der Waals surface area contributed by atoms with Gasteiger partial charge in [-0.3, -0.25) is 9.59 Å². The first kappa shape index (κ1) is 17.5. The van der Waals surface area contributed by atoms with Crippen molar-refractivity contribution in [3.8, 4) is 5.75 Å². The molecule has 0 aliphatic carbocycles. The van der Waals surface area contributed by atoms with E-state index in [1.165, 1.54) is 26.4 Å². The van der Waals surface area contributed by atoms with Gasteiger partial charge in [0.25, 0.3) is 11.8 Å². The Morgan fingerprint density at radius 1 is 1.12 bits per heavy atom. The summed E-state index contributed by atoms with van der Waals surface area (Å²) in [5, 5.41) is 2.77. The van der Waals surface area contributed by atoms with E-state index in [2.05, 4.69) is 5.32 Å². The standard InChI is InChI=1S/C19H18N2O5/c1-25-16-11-12(7-8-14(16)19(24)26-2)18(23)21-10-9-20-17(22)13-5-3-4-6-15(13)21/h3-8,11H,9-10H2,1-2H3,(H,20,22). The molecule has 1 aliphatic heterocycles. The number of carbonyl (C=O) groups is 3. The molecule has 1 heterocycles. The largest absolute Gasteiger partial charge is 0.496 e. The maximum absolute atomic E-state index is 13.1. The van der Waals surface area contributed by atoms with Gasteiger partial charge < -0.3 is 19.7 Å². The number of esters is 1. The molecule has 0 spiro atoms. The first-order valence-corrected chi connectivity index (χ1v) is 8.02.